The number of rotatable bonds is 4. The van der Waals surface area contributed by atoms with Crippen LogP contribution in [-0.2, 0) is 4.79 Å². The maximum absolute atomic E-state index is 15.3. The molecule has 0 bridgehead atoms. The van der Waals surface area contributed by atoms with Crippen LogP contribution in [0.4, 0.5) is 15.8 Å². The standard InChI is InChI=1S/C26H28ClFN4OS/c1-16(2)30-11-9-17(10-12-30)21-8-7-20(14-23(21)28)32-25(34)31(24(33)26(32,3)4)19-6-5-18(15-29)22(27)13-19/h5-8,13-14,16-17H,9-12H2,1-4H3. The van der Waals surface area contributed by atoms with Gasteiger partial charge in [-0.1, -0.05) is 17.7 Å². The number of likely N-dealkylation sites (tertiary alicyclic amines) is 1. The van der Waals surface area contributed by atoms with Crippen molar-refractivity contribution >= 4 is 46.2 Å². The Hall–Kier alpha value is -2.53. The van der Waals surface area contributed by atoms with E-state index in [1.165, 1.54) is 11.0 Å². The van der Waals surface area contributed by atoms with Crippen molar-refractivity contribution in [3.63, 3.8) is 0 Å². The number of amides is 1. The molecule has 2 heterocycles. The Morgan fingerprint density at radius 2 is 1.79 bits per heavy atom. The maximum Gasteiger partial charge on any atom is 0.259 e. The monoisotopic (exact) mass is 498 g/mol. The predicted octanol–water partition coefficient (Wildman–Crippen LogP) is 5.86. The molecular weight excluding hydrogens is 471 g/mol. The van der Waals surface area contributed by atoms with Gasteiger partial charge in [0, 0.05) is 11.7 Å². The Morgan fingerprint density at radius 3 is 2.35 bits per heavy atom. The Morgan fingerprint density at radius 1 is 1.15 bits per heavy atom. The van der Waals surface area contributed by atoms with Crippen molar-refractivity contribution in [2.75, 3.05) is 22.9 Å². The van der Waals surface area contributed by atoms with Gasteiger partial charge in [-0.3, -0.25) is 9.69 Å². The summed E-state index contributed by atoms with van der Waals surface area (Å²) in [4.78, 5) is 18.9. The molecule has 2 fully saturated rings. The zero-order chi connectivity index (χ0) is 24.8. The Balaban J connectivity index is 1.62. The van der Waals surface area contributed by atoms with Crippen molar-refractivity contribution in [1.82, 2.24) is 4.90 Å². The zero-order valence-electron chi connectivity index (χ0n) is 19.8. The average molecular weight is 499 g/mol. The van der Waals surface area contributed by atoms with E-state index in [1.54, 1.807) is 36.9 Å². The predicted molar refractivity (Wildman–Crippen MR) is 138 cm³/mol. The van der Waals surface area contributed by atoms with Crippen LogP contribution in [0.5, 0.6) is 0 Å². The molecule has 2 aliphatic rings. The quantitative estimate of drug-likeness (QED) is 0.494. The first kappa shape index (κ1) is 24.6. The Kier molecular flexibility index (Phi) is 6.69. The van der Waals surface area contributed by atoms with Gasteiger partial charge >= 0.3 is 0 Å². The van der Waals surface area contributed by atoms with Crippen LogP contribution in [0.3, 0.4) is 0 Å². The maximum atomic E-state index is 15.3. The number of piperidine rings is 1. The summed E-state index contributed by atoms with van der Waals surface area (Å²) in [6.45, 7) is 9.83. The van der Waals surface area contributed by atoms with E-state index in [1.807, 2.05) is 18.2 Å². The fourth-order valence-electron chi connectivity index (χ4n) is 4.90. The third kappa shape index (κ3) is 4.19. The molecule has 0 aliphatic carbocycles. The molecule has 2 aromatic rings. The number of anilines is 2. The van der Waals surface area contributed by atoms with Crippen molar-refractivity contribution in [3.8, 4) is 6.07 Å². The van der Waals surface area contributed by atoms with Gasteiger partial charge in [0.25, 0.3) is 5.91 Å². The SMILES string of the molecule is CC(C)N1CCC(c2ccc(N3C(=S)N(c4ccc(C#N)c(Cl)c4)C(=O)C3(C)C)cc2F)CC1. The number of nitriles is 1. The lowest BCUT2D eigenvalue weighted by Crippen LogP contribution is -2.44. The van der Waals surface area contributed by atoms with Gasteiger partial charge in [0.15, 0.2) is 5.11 Å². The van der Waals surface area contributed by atoms with E-state index in [0.29, 0.717) is 23.0 Å². The first-order chi connectivity index (χ1) is 16.1. The van der Waals surface area contributed by atoms with Crippen molar-refractivity contribution in [1.29, 1.82) is 5.26 Å². The minimum Gasteiger partial charge on any atom is -0.303 e. The third-order valence-electron chi connectivity index (χ3n) is 6.94. The number of hydrogen-bond acceptors (Lipinski definition) is 4. The summed E-state index contributed by atoms with van der Waals surface area (Å²) < 4.78 is 15.3. The topological polar surface area (TPSA) is 50.6 Å². The van der Waals surface area contributed by atoms with Gasteiger partial charge in [-0.25, -0.2) is 4.39 Å². The number of nitrogens with zero attached hydrogens (tertiary/aromatic N) is 4. The van der Waals surface area contributed by atoms with Crippen LogP contribution in [0.15, 0.2) is 36.4 Å². The van der Waals surface area contributed by atoms with E-state index in [9.17, 15) is 4.79 Å². The zero-order valence-corrected chi connectivity index (χ0v) is 21.4. The minimum absolute atomic E-state index is 0.182. The third-order valence-corrected chi connectivity index (χ3v) is 7.62. The van der Waals surface area contributed by atoms with Gasteiger partial charge < -0.3 is 9.80 Å². The van der Waals surface area contributed by atoms with E-state index >= 15 is 4.39 Å². The van der Waals surface area contributed by atoms with Crippen molar-refractivity contribution in [2.24, 2.45) is 0 Å². The van der Waals surface area contributed by atoms with Crippen molar-refractivity contribution in [2.45, 2.75) is 58.0 Å². The fraction of sp³-hybridized carbons (Fsp3) is 0.423. The molecule has 5 nitrogen and oxygen atoms in total. The van der Waals surface area contributed by atoms with Crippen LogP contribution in [-0.4, -0.2) is 40.6 Å². The van der Waals surface area contributed by atoms with Gasteiger partial charge in [0.05, 0.1) is 16.3 Å². The van der Waals surface area contributed by atoms with Gasteiger partial charge in [0.2, 0.25) is 0 Å². The molecule has 0 atom stereocenters. The Labute approximate surface area is 210 Å². The number of halogens is 2. The van der Waals surface area contributed by atoms with Crippen LogP contribution in [0, 0.1) is 17.1 Å². The summed E-state index contributed by atoms with van der Waals surface area (Å²) in [7, 11) is 0. The van der Waals surface area contributed by atoms with E-state index in [0.717, 1.165) is 31.5 Å². The van der Waals surface area contributed by atoms with E-state index in [2.05, 4.69) is 18.7 Å². The minimum atomic E-state index is -1.02. The lowest BCUT2D eigenvalue weighted by molar-refractivity contribution is -0.120. The highest BCUT2D eigenvalue weighted by molar-refractivity contribution is 7.81. The number of carbonyl (C=O) groups excluding carboxylic acids is 1. The van der Waals surface area contributed by atoms with E-state index in [4.69, 9.17) is 29.1 Å². The molecule has 0 unspecified atom stereocenters. The van der Waals surface area contributed by atoms with Crippen molar-refractivity contribution in [3.05, 3.63) is 58.4 Å². The summed E-state index contributed by atoms with van der Waals surface area (Å²) in [6.07, 6.45) is 1.85. The van der Waals surface area contributed by atoms with Gasteiger partial charge in [-0.2, -0.15) is 5.26 Å². The molecule has 0 N–H and O–H groups in total. The number of hydrogen-bond donors (Lipinski definition) is 0. The Bertz CT molecular complexity index is 1180. The number of thiocarbonyl (C=S) groups is 1. The van der Waals surface area contributed by atoms with Crippen LogP contribution in [0.25, 0.3) is 0 Å². The van der Waals surface area contributed by atoms with Gasteiger partial charge in [-0.05, 0) is 108 Å². The number of carbonyl (C=O) groups is 1. The lowest BCUT2D eigenvalue weighted by Gasteiger charge is -2.35. The molecule has 1 amide bonds. The first-order valence-corrected chi connectivity index (χ1v) is 12.3. The smallest absolute Gasteiger partial charge is 0.259 e. The molecule has 0 radical (unpaired) electrons. The summed E-state index contributed by atoms with van der Waals surface area (Å²) >= 11 is 11.9. The molecule has 0 spiro atoms. The second-order valence-electron chi connectivity index (χ2n) is 9.70. The van der Waals surface area contributed by atoms with Crippen molar-refractivity contribution < 1.29 is 9.18 Å². The molecule has 2 aliphatic heterocycles. The molecular formula is C26H28ClFN4OS. The molecule has 4 rings (SSSR count). The molecule has 0 saturated carbocycles. The summed E-state index contributed by atoms with van der Waals surface area (Å²) in [5.41, 5.74) is 1.02. The average Bonchev–Trinajstić information content (AvgIpc) is 2.97. The van der Waals surface area contributed by atoms with Crippen LogP contribution < -0.4 is 9.80 Å². The van der Waals surface area contributed by atoms with Crippen LogP contribution in [0.2, 0.25) is 5.02 Å². The fourth-order valence-corrected chi connectivity index (χ4v) is 5.64. The summed E-state index contributed by atoms with van der Waals surface area (Å²) in [5.74, 6) is -0.336. The largest absolute Gasteiger partial charge is 0.303 e. The molecule has 8 heteroatoms. The second kappa shape index (κ2) is 9.26. The number of benzene rings is 2. The highest BCUT2D eigenvalue weighted by Gasteiger charge is 2.50. The van der Waals surface area contributed by atoms with Gasteiger partial charge in [0.1, 0.15) is 17.4 Å². The van der Waals surface area contributed by atoms with E-state index in [-0.39, 0.29) is 27.8 Å². The lowest BCUT2D eigenvalue weighted by atomic mass is 9.88. The summed E-state index contributed by atoms with van der Waals surface area (Å²) in [5, 5.41) is 9.63. The van der Waals surface area contributed by atoms with E-state index < -0.39 is 5.54 Å². The normalized spacial score (nSPS) is 19.2. The van der Waals surface area contributed by atoms with Crippen LogP contribution >= 0.6 is 23.8 Å². The van der Waals surface area contributed by atoms with Crippen LogP contribution in [0.1, 0.15) is 57.6 Å². The molecule has 178 valence electrons. The molecule has 34 heavy (non-hydrogen) atoms. The first-order valence-electron chi connectivity index (χ1n) is 11.5. The highest BCUT2D eigenvalue weighted by Crippen LogP contribution is 2.39. The van der Waals surface area contributed by atoms with Gasteiger partial charge in [-0.15, -0.1) is 0 Å². The molecule has 2 saturated heterocycles. The summed E-state index contributed by atoms with van der Waals surface area (Å²) in [6, 6.07) is 12.4. The molecule has 0 aromatic heterocycles. The highest BCUT2D eigenvalue weighted by atomic mass is 35.5. The second-order valence-corrected chi connectivity index (χ2v) is 10.5. The molecule has 2 aromatic carbocycles.